The van der Waals surface area contributed by atoms with Crippen LogP contribution in [0.2, 0.25) is 5.02 Å². The fourth-order valence-electron chi connectivity index (χ4n) is 2.99. The second-order valence-corrected chi connectivity index (χ2v) is 6.11. The number of para-hydroxylation sites is 1. The lowest BCUT2D eigenvalue weighted by Crippen LogP contribution is -2.37. The average Bonchev–Trinajstić information content (AvgIpc) is 2.56. The van der Waals surface area contributed by atoms with Crippen molar-refractivity contribution in [3.05, 3.63) is 35.4 Å². The van der Waals surface area contributed by atoms with Gasteiger partial charge in [0.05, 0.1) is 29.6 Å². The number of anilines is 2. The van der Waals surface area contributed by atoms with Gasteiger partial charge in [-0.15, -0.1) is 0 Å². The van der Waals surface area contributed by atoms with Gasteiger partial charge < -0.3 is 15.0 Å². The topological polar surface area (TPSA) is 41.6 Å². The van der Waals surface area contributed by atoms with E-state index in [1.165, 1.54) is 0 Å². The van der Waals surface area contributed by atoms with Crippen molar-refractivity contribution in [3.8, 4) is 0 Å². The predicted molar refractivity (Wildman–Crippen MR) is 89.6 cm³/mol. The lowest BCUT2D eigenvalue weighted by Gasteiger charge is -2.31. The van der Waals surface area contributed by atoms with Crippen molar-refractivity contribution in [3.63, 3.8) is 0 Å². The number of rotatable bonds is 3. The van der Waals surface area contributed by atoms with Crippen LogP contribution in [0.3, 0.4) is 0 Å². The van der Waals surface area contributed by atoms with Crippen LogP contribution in [-0.2, 0) is 9.53 Å². The minimum absolute atomic E-state index is 0.0570. The molecule has 1 aliphatic heterocycles. The van der Waals surface area contributed by atoms with E-state index in [9.17, 15) is 4.79 Å². The number of nitrogens with one attached hydrogen (secondary N) is 1. The van der Waals surface area contributed by atoms with Gasteiger partial charge in [-0.25, -0.2) is 0 Å². The molecule has 0 radical (unpaired) electrons. The Kier molecular flexibility index (Phi) is 5.01. The van der Waals surface area contributed by atoms with Crippen molar-refractivity contribution in [1.82, 2.24) is 0 Å². The quantitative estimate of drug-likeness (QED) is 0.867. The molecular formula is C17H21ClN2O2. The molecule has 0 aromatic heterocycles. The number of benzene rings is 1. The number of morpholine rings is 1. The van der Waals surface area contributed by atoms with E-state index < -0.39 is 0 Å². The van der Waals surface area contributed by atoms with Crippen LogP contribution < -0.4 is 10.2 Å². The fourth-order valence-corrected chi connectivity index (χ4v) is 3.29. The molecule has 1 amide bonds. The first kappa shape index (κ1) is 15.4. The number of hydrogen-bond acceptors (Lipinski definition) is 3. The van der Waals surface area contributed by atoms with Gasteiger partial charge in [-0.3, -0.25) is 4.79 Å². The minimum atomic E-state index is 0.0570. The second-order valence-electron chi connectivity index (χ2n) is 5.71. The van der Waals surface area contributed by atoms with Crippen LogP contribution >= 0.6 is 11.6 Å². The molecule has 2 aliphatic rings. The number of hydrogen-bond donors (Lipinski definition) is 1. The standard InChI is InChI=1S/C17H21ClN2O2/c18-14-7-4-8-15(16(14)20-9-11-22-12-10-20)19-17(21)13-5-2-1-3-6-13/h1-2,4,7-8,13H,3,5-6,9-12H2,(H,19,21)/t13-/m1/s1. The number of ether oxygens (including phenoxy) is 1. The van der Waals surface area contributed by atoms with E-state index >= 15 is 0 Å². The highest BCUT2D eigenvalue weighted by atomic mass is 35.5. The van der Waals surface area contributed by atoms with Crippen LogP contribution in [-0.4, -0.2) is 32.2 Å². The highest BCUT2D eigenvalue weighted by Gasteiger charge is 2.22. The van der Waals surface area contributed by atoms with Crippen molar-refractivity contribution in [2.24, 2.45) is 5.92 Å². The summed E-state index contributed by atoms with van der Waals surface area (Å²) in [5, 5.41) is 3.75. The highest BCUT2D eigenvalue weighted by molar-refractivity contribution is 6.34. The normalized spacial score (nSPS) is 21.7. The van der Waals surface area contributed by atoms with Gasteiger partial charge in [0.1, 0.15) is 0 Å². The molecule has 3 rings (SSSR count). The van der Waals surface area contributed by atoms with Gasteiger partial charge in [0.2, 0.25) is 5.91 Å². The molecule has 1 heterocycles. The molecular weight excluding hydrogens is 300 g/mol. The number of carbonyl (C=O) groups excluding carboxylic acids is 1. The first-order valence-corrected chi connectivity index (χ1v) is 8.20. The van der Waals surface area contributed by atoms with Crippen LogP contribution in [0.25, 0.3) is 0 Å². The van der Waals surface area contributed by atoms with Gasteiger partial charge in [0.15, 0.2) is 0 Å². The summed E-state index contributed by atoms with van der Waals surface area (Å²) in [4.78, 5) is 14.7. The zero-order valence-electron chi connectivity index (χ0n) is 12.6. The predicted octanol–water partition coefficient (Wildman–Crippen LogP) is 3.47. The number of amides is 1. The number of carbonyl (C=O) groups is 1. The monoisotopic (exact) mass is 320 g/mol. The Labute approximate surface area is 136 Å². The summed E-state index contributed by atoms with van der Waals surface area (Å²) >= 11 is 6.39. The van der Waals surface area contributed by atoms with Crippen LogP contribution in [0.1, 0.15) is 19.3 Å². The molecule has 1 fully saturated rings. The largest absolute Gasteiger partial charge is 0.378 e. The van der Waals surface area contributed by atoms with Gasteiger partial charge in [-0.1, -0.05) is 29.8 Å². The molecule has 5 heteroatoms. The smallest absolute Gasteiger partial charge is 0.227 e. The molecule has 118 valence electrons. The summed E-state index contributed by atoms with van der Waals surface area (Å²) in [6, 6.07) is 5.67. The van der Waals surface area contributed by atoms with Crippen molar-refractivity contribution in [2.75, 3.05) is 36.5 Å². The lowest BCUT2D eigenvalue weighted by molar-refractivity contribution is -0.120. The van der Waals surface area contributed by atoms with Crippen LogP contribution in [0.5, 0.6) is 0 Å². The fraction of sp³-hybridized carbons (Fsp3) is 0.471. The molecule has 22 heavy (non-hydrogen) atoms. The first-order valence-electron chi connectivity index (χ1n) is 7.83. The van der Waals surface area contributed by atoms with Crippen molar-refractivity contribution in [1.29, 1.82) is 0 Å². The highest BCUT2D eigenvalue weighted by Crippen LogP contribution is 2.35. The third kappa shape index (κ3) is 3.45. The average molecular weight is 321 g/mol. The van der Waals surface area contributed by atoms with E-state index in [-0.39, 0.29) is 11.8 Å². The molecule has 1 N–H and O–H groups in total. The lowest BCUT2D eigenvalue weighted by atomic mass is 9.93. The number of allylic oxidation sites excluding steroid dienone is 2. The van der Waals surface area contributed by atoms with Crippen molar-refractivity contribution >= 4 is 28.9 Å². The summed E-state index contributed by atoms with van der Waals surface area (Å²) in [5.74, 6) is 0.141. The maximum Gasteiger partial charge on any atom is 0.227 e. The van der Waals surface area contributed by atoms with E-state index in [4.69, 9.17) is 16.3 Å². The third-order valence-corrected chi connectivity index (χ3v) is 4.52. The molecule has 1 saturated heterocycles. The van der Waals surface area contributed by atoms with Gasteiger partial charge in [0, 0.05) is 19.0 Å². The van der Waals surface area contributed by atoms with E-state index in [1.807, 2.05) is 18.2 Å². The van der Waals surface area contributed by atoms with E-state index in [1.54, 1.807) is 0 Å². The zero-order chi connectivity index (χ0) is 15.4. The van der Waals surface area contributed by atoms with E-state index in [0.29, 0.717) is 18.2 Å². The Hall–Kier alpha value is -1.52. The molecule has 0 bridgehead atoms. The van der Waals surface area contributed by atoms with Gasteiger partial charge in [-0.05, 0) is 31.4 Å². The van der Waals surface area contributed by atoms with Crippen LogP contribution in [0.15, 0.2) is 30.4 Å². The molecule has 0 saturated carbocycles. The van der Waals surface area contributed by atoms with Gasteiger partial charge >= 0.3 is 0 Å². The van der Waals surface area contributed by atoms with Gasteiger partial charge in [-0.2, -0.15) is 0 Å². The van der Waals surface area contributed by atoms with Crippen molar-refractivity contribution < 1.29 is 9.53 Å². The Morgan fingerprint density at radius 1 is 1.27 bits per heavy atom. The SMILES string of the molecule is O=C(Nc1cccc(Cl)c1N1CCOCC1)[C@@H]1CC=CCC1. The molecule has 4 nitrogen and oxygen atoms in total. The Balaban J connectivity index is 1.79. The molecule has 0 spiro atoms. The van der Waals surface area contributed by atoms with Crippen LogP contribution in [0.4, 0.5) is 11.4 Å². The van der Waals surface area contributed by atoms with Crippen LogP contribution in [0, 0.1) is 5.92 Å². The minimum Gasteiger partial charge on any atom is -0.378 e. The molecule has 1 aromatic rings. The van der Waals surface area contributed by atoms with E-state index in [2.05, 4.69) is 22.4 Å². The summed E-state index contributed by atoms with van der Waals surface area (Å²) in [7, 11) is 0. The number of halogens is 1. The Morgan fingerprint density at radius 3 is 2.82 bits per heavy atom. The number of nitrogens with zero attached hydrogens (tertiary/aromatic N) is 1. The maximum atomic E-state index is 12.5. The Bertz CT molecular complexity index is 568. The zero-order valence-corrected chi connectivity index (χ0v) is 13.3. The van der Waals surface area contributed by atoms with Crippen molar-refractivity contribution in [2.45, 2.75) is 19.3 Å². The summed E-state index contributed by atoms with van der Waals surface area (Å²) < 4.78 is 5.40. The molecule has 1 aromatic carbocycles. The van der Waals surface area contributed by atoms with E-state index in [0.717, 1.165) is 43.7 Å². The molecule has 0 unspecified atom stereocenters. The molecule has 1 atom stereocenters. The summed E-state index contributed by atoms with van der Waals surface area (Å²) in [6.07, 6.45) is 6.94. The second kappa shape index (κ2) is 7.16. The Morgan fingerprint density at radius 2 is 2.09 bits per heavy atom. The molecule has 1 aliphatic carbocycles. The maximum absolute atomic E-state index is 12.5. The first-order chi connectivity index (χ1) is 10.8. The summed E-state index contributed by atoms with van der Waals surface area (Å²) in [6.45, 7) is 2.95. The van der Waals surface area contributed by atoms with Gasteiger partial charge in [0.25, 0.3) is 0 Å². The third-order valence-electron chi connectivity index (χ3n) is 4.21. The summed E-state index contributed by atoms with van der Waals surface area (Å²) in [5.41, 5.74) is 1.71.